The second-order valence-corrected chi connectivity index (χ2v) is 12.7. The van der Waals surface area contributed by atoms with Gasteiger partial charge >= 0.3 is 0 Å². The standard InChI is InChI=1S/C30H38ClN5O4/c1-19-23(31)3-2-4-24(19)34-11-12-35(30(18-34)7-8-30)26(38)17-36-25-16-20-15-22(20)27(25)28(32-36)29(39)33-9-5-21(6-10-33)40-14-13-37/h2-4,20-22,37H,5-18H2,1H3/t20-,22-/m1/s1. The van der Waals surface area contributed by atoms with Crippen LogP contribution in [0, 0.1) is 12.8 Å². The fourth-order valence-electron chi connectivity index (χ4n) is 7.37. The van der Waals surface area contributed by atoms with E-state index in [2.05, 4.69) is 22.8 Å². The number of nitrogens with zero attached hydrogens (tertiary/aromatic N) is 5. The van der Waals surface area contributed by atoms with Gasteiger partial charge in [-0.1, -0.05) is 17.7 Å². The Morgan fingerprint density at radius 2 is 1.98 bits per heavy atom. The summed E-state index contributed by atoms with van der Waals surface area (Å²) in [4.78, 5) is 33.8. The molecule has 2 saturated carbocycles. The van der Waals surface area contributed by atoms with Crippen molar-refractivity contribution in [2.24, 2.45) is 5.92 Å². The number of likely N-dealkylation sites (tertiary alicyclic amines) is 1. The van der Waals surface area contributed by atoms with Crippen molar-refractivity contribution in [1.82, 2.24) is 19.6 Å². The summed E-state index contributed by atoms with van der Waals surface area (Å²) in [6.45, 7) is 6.14. The third kappa shape index (κ3) is 4.50. The molecule has 1 aromatic heterocycles. The zero-order chi connectivity index (χ0) is 27.6. The molecule has 1 N–H and O–H groups in total. The number of hydrogen-bond donors (Lipinski definition) is 1. The molecule has 3 heterocycles. The van der Waals surface area contributed by atoms with Gasteiger partial charge in [0.2, 0.25) is 5.91 Å². The Morgan fingerprint density at radius 1 is 1.18 bits per heavy atom. The maximum atomic E-state index is 13.8. The monoisotopic (exact) mass is 567 g/mol. The van der Waals surface area contributed by atoms with Crippen molar-refractivity contribution in [2.75, 3.05) is 50.8 Å². The summed E-state index contributed by atoms with van der Waals surface area (Å²) in [7, 11) is 0. The molecule has 2 atom stereocenters. The van der Waals surface area contributed by atoms with Gasteiger partial charge in [-0.25, -0.2) is 0 Å². The van der Waals surface area contributed by atoms with Crippen LogP contribution in [0.5, 0.6) is 0 Å². The Balaban J connectivity index is 1.06. The summed E-state index contributed by atoms with van der Waals surface area (Å²) in [5.74, 6) is 1.10. The van der Waals surface area contributed by atoms with Crippen LogP contribution in [0.25, 0.3) is 0 Å². The van der Waals surface area contributed by atoms with Gasteiger partial charge in [0.05, 0.1) is 24.9 Å². The van der Waals surface area contributed by atoms with Crippen molar-refractivity contribution in [3.8, 4) is 0 Å². The predicted molar refractivity (Wildman–Crippen MR) is 151 cm³/mol. The first-order valence-electron chi connectivity index (χ1n) is 14.8. The second kappa shape index (κ2) is 10.0. The molecule has 0 radical (unpaired) electrons. The number of piperazine rings is 1. The molecule has 1 spiro atoms. The molecule has 214 valence electrons. The van der Waals surface area contributed by atoms with E-state index in [-0.39, 0.29) is 36.6 Å². The maximum absolute atomic E-state index is 13.8. The average Bonchev–Trinajstić information content (AvgIpc) is 3.84. The molecule has 1 aromatic carbocycles. The van der Waals surface area contributed by atoms with E-state index in [9.17, 15) is 9.59 Å². The van der Waals surface area contributed by atoms with E-state index in [1.807, 2.05) is 21.7 Å². The molecule has 0 bridgehead atoms. The number of amides is 2. The van der Waals surface area contributed by atoms with Crippen LogP contribution in [0.15, 0.2) is 18.2 Å². The van der Waals surface area contributed by atoms with Crippen molar-refractivity contribution in [3.63, 3.8) is 0 Å². The number of ether oxygens (including phenoxy) is 1. The fourth-order valence-corrected chi connectivity index (χ4v) is 7.54. The zero-order valence-electron chi connectivity index (χ0n) is 23.1. The number of aliphatic hydroxyl groups is 1. The molecule has 40 heavy (non-hydrogen) atoms. The lowest BCUT2D eigenvalue weighted by atomic mass is 10.1. The van der Waals surface area contributed by atoms with Crippen LogP contribution in [0.2, 0.25) is 5.02 Å². The molecule has 2 amide bonds. The normalized spacial score (nSPS) is 24.8. The van der Waals surface area contributed by atoms with Gasteiger partial charge in [-0.15, -0.1) is 0 Å². The van der Waals surface area contributed by atoms with Gasteiger partial charge in [0.25, 0.3) is 5.91 Å². The lowest BCUT2D eigenvalue weighted by Gasteiger charge is -2.43. The van der Waals surface area contributed by atoms with E-state index in [1.165, 1.54) is 0 Å². The number of halogens is 1. The van der Waals surface area contributed by atoms with Crippen LogP contribution in [0.3, 0.4) is 0 Å². The quantitative estimate of drug-likeness (QED) is 0.553. The number of fused-ring (bicyclic) bond motifs is 3. The maximum Gasteiger partial charge on any atom is 0.274 e. The molecule has 0 unspecified atom stereocenters. The summed E-state index contributed by atoms with van der Waals surface area (Å²) < 4.78 is 7.53. The number of rotatable bonds is 7. The average molecular weight is 568 g/mol. The molecular formula is C30H38ClN5O4. The fraction of sp³-hybridized carbons (Fsp3) is 0.633. The molecule has 7 rings (SSSR count). The van der Waals surface area contributed by atoms with Gasteiger partial charge in [0.1, 0.15) is 6.54 Å². The molecular weight excluding hydrogens is 530 g/mol. The summed E-state index contributed by atoms with van der Waals surface area (Å²) in [6, 6.07) is 6.04. The molecule has 5 aliphatic rings. The highest BCUT2D eigenvalue weighted by atomic mass is 35.5. The molecule has 4 fully saturated rings. The van der Waals surface area contributed by atoms with Crippen LogP contribution in [-0.4, -0.2) is 94.1 Å². The molecule has 2 aliphatic heterocycles. The van der Waals surface area contributed by atoms with E-state index in [1.54, 1.807) is 0 Å². The summed E-state index contributed by atoms with van der Waals surface area (Å²) in [5, 5.41) is 14.6. The highest BCUT2D eigenvalue weighted by Crippen LogP contribution is 2.57. The lowest BCUT2D eigenvalue weighted by molar-refractivity contribution is -0.135. The number of aliphatic hydroxyl groups excluding tert-OH is 1. The number of hydrogen-bond acceptors (Lipinski definition) is 6. The van der Waals surface area contributed by atoms with E-state index in [0.717, 1.165) is 79.1 Å². The summed E-state index contributed by atoms with van der Waals surface area (Å²) in [5.41, 5.74) is 4.88. The number of carbonyl (C=O) groups is 2. The third-order valence-corrected chi connectivity index (χ3v) is 10.3. The van der Waals surface area contributed by atoms with Gasteiger partial charge < -0.3 is 24.5 Å². The molecule has 10 heteroatoms. The first-order valence-corrected chi connectivity index (χ1v) is 15.2. The SMILES string of the molecule is Cc1c(Cl)cccc1N1CCN(C(=O)Cn2nc(C(=O)N3CCC(OCCO)CC3)c3c2C[C@H]2C[C@@H]32)C2(CC2)C1. The van der Waals surface area contributed by atoms with E-state index in [0.29, 0.717) is 43.8 Å². The second-order valence-electron chi connectivity index (χ2n) is 12.3. The van der Waals surface area contributed by atoms with Crippen LogP contribution >= 0.6 is 11.6 Å². The van der Waals surface area contributed by atoms with Gasteiger partial charge in [-0.3, -0.25) is 14.3 Å². The van der Waals surface area contributed by atoms with Crippen molar-refractivity contribution >= 4 is 29.1 Å². The van der Waals surface area contributed by atoms with Gasteiger partial charge in [-0.05, 0) is 75.0 Å². The Bertz CT molecular complexity index is 1330. The first kappa shape index (κ1) is 26.3. The largest absolute Gasteiger partial charge is 0.394 e. The van der Waals surface area contributed by atoms with E-state index >= 15 is 0 Å². The summed E-state index contributed by atoms with van der Waals surface area (Å²) >= 11 is 6.41. The minimum absolute atomic E-state index is 0.0141. The summed E-state index contributed by atoms with van der Waals surface area (Å²) in [6.07, 6.45) is 5.68. The van der Waals surface area contributed by atoms with Gasteiger partial charge in [0.15, 0.2) is 5.69 Å². The van der Waals surface area contributed by atoms with Crippen LogP contribution in [-0.2, 0) is 22.5 Å². The zero-order valence-corrected chi connectivity index (χ0v) is 23.9. The van der Waals surface area contributed by atoms with Crippen LogP contribution in [0.4, 0.5) is 5.69 Å². The number of anilines is 1. The highest BCUT2D eigenvalue weighted by Gasteiger charge is 2.54. The minimum Gasteiger partial charge on any atom is -0.394 e. The van der Waals surface area contributed by atoms with E-state index in [4.69, 9.17) is 26.5 Å². The lowest BCUT2D eigenvalue weighted by Crippen LogP contribution is -2.58. The molecule has 2 aromatic rings. The number of carbonyl (C=O) groups excluding carboxylic acids is 2. The number of benzene rings is 1. The Hall–Kier alpha value is -2.62. The van der Waals surface area contributed by atoms with Crippen LogP contribution in [0.1, 0.15) is 65.3 Å². The van der Waals surface area contributed by atoms with Crippen LogP contribution < -0.4 is 4.90 Å². The molecule has 2 saturated heterocycles. The Labute approximate surface area is 240 Å². The van der Waals surface area contributed by atoms with Crippen molar-refractivity contribution < 1.29 is 19.4 Å². The Kier molecular flexibility index (Phi) is 6.59. The van der Waals surface area contributed by atoms with Gasteiger partial charge in [0, 0.05) is 54.7 Å². The first-order chi connectivity index (χ1) is 19.4. The topological polar surface area (TPSA) is 91.1 Å². The molecule has 9 nitrogen and oxygen atoms in total. The number of piperidine rings is 1. The smallest absolute Gasteiger partial charge is 0.274 e. The van der Waals surface area contributed by atoms with Crippen molar-refractivity contribution in [1.29, 1.82) is 0 Å². The third-order valence-electron chi connectivity index (χ3n) is 9.87. The van der Waals surface area contributed by atoms with Crippen molar-refractivity contribution in [3.05, 3.63) is 45.7 Å². The van der Waals surface area contributed by atoms with Gasteiger partial charge in [-0.2, -0.15) is 5.10 Å². The van der Waals surface area contributed by atoms with Crippen molar-refractivity contribution in [2.45, 2.75) is 69.6 Å². The minimum atomic E-state index is -0.121. The molecule has 3 aliphatic carbocycles. The van der Waals surface area contributed by atoms with E-state index < -0.39 is 0 Å². The predicted octanol–water partition coefficient (Wildman–Crippen LogP) is 3.00. The number of aromatic nitrogens is 2. The Morgan fingerprint density at radius 3 is 2.73 bits per heavy atom. The highest BCUT2D eigenvalue weighted by molar-refractivity contribution is 6.31.